The van der Waals surface area contributed by atoms with E-state index in [0.717, 1.165) is 44.1 Å². The number of halogens is 1. The summed E-state index contributed by atoms with van der Waals surface area (Å²) in [6, 6.07) is 0. The smallest absolute Gasteiger partial charge is 0.222 e. The van der Waals surface area contributed by atoms with Gasteiger partial charge in [0.2, 0.25) is 5.91 Å². The van der Waals surface area contributed by atoms with Crippen LogP contribution in [0, 0.1) is 0 Å². The molecule has 0 aliphatic carbocycles. The molecular weight excluding hydrogens is 290 g/mol. The molecule has 3 heteroatoms. The Labute approximate surface area is 122 Å². The molecule has 0 bridgehead atoms. The van der Waals surface area contributed by atoms with Crippen LogP contribution in [-0.4, -0.2) is 29.2 Å². The number of hydrogen-bond acceptors (Lipinski definition) is 1. The molecular formula is C15H30BrNO. The molecule has 1 amide bonds. The van der Waals surface area contributed by atoms with Gasteiger partial charge in [0.1, 0.15) is 0 Å². The quantitative estimate of drug-likeness (QED) is 0.375. The predicted molar refractivity (Wildman–Crippen MR) is 83.3 cm³/mol. The van der Waals surface area contributed by atoms with Crippen molar-refractivity contribution in [1.29, 1.82) is 0 Å². The number of unbranched alkanes of at least 4 members (excludes halogenated alkanes) is 6. The molecule has 0 aliphatic heterocycles. The van der Waals surface area contributed by atoms with E-state index in [0.29, 0.717) is 5.91 Å². The molecule has 0 unspecified atom stereocenters. The number of nitrogens with zero attached hydrogens (tertiary/aromatic N) is 1. The van der Waals surface area contributed by atoms with Crippen LogP contribution < -0.4 is 0 Å². The lowest BCUT2D eigenvalue weighted by atomic mass is 10.1. The molecule has 0 N–H and O–H groups in total. The topological polar surface area (TPSA) is 20.3 Å². The molecule has 0 rings (SSSR count). The minimum absolute atomic E-state index is 0.346. The maximum Gasteiger partial charge on any atom is 0.222 e. The fourth-order valence-corrected chi connectivity index (χ4v) is 2.45. The van der Waals surface area contributed by atoms with Gasteiger partial charge in [-0.3, -0.25) is 4.79 Å². The first kappa shape index (κ1) is 17.9. The average Bonchev–Trinajstić information content (AvgIpc) is 2.38. The Hall–Kier alpha value is -0.0500. The van der Waals surface area contributed by atoms with Gasteiger partial charge < -0.3 is 4.90 Å². The number of carbonyl (C=O) groups excluding carboxylic acids is 1. The predicted octanol–water partition coefficient (Wildman–Crippen LogP) is 4.76. The monoisotopic (exact) mass is 319 g/mol. The molecule has 0 atom stereocenters. The van der Waals surface area contributed by atoms with Gasteiger partial charge in [-0.25, -0.2) is 0 Å². The van der Waals surface area contributed by atoms with E-state index < -0.39 is 0 Å². The third-order valence-electron chi connectivity index (χ3n) is 3.23. The second kappa shape index (κ2) is 13.4. The molecule has 2 nitrogen and oxygen atoms in total. The molecule has 0 spiro atoms. The molecule has 0 saturated carbocycles. The number of amides is 1. The van der Waals surface area contributed by atoms with E-state index in [9.17, 15) is 4.79 Å². The molecule has 0 aromatic rings. The summed E-state index contributed by atoms with van der Waals surface area (Å²) in [5, 5.41) is 0.888. The van der Waals surface area contributed by atoms with E-state index in [1.165, 1.54) is 32.1 Å². The standard InChI is InChI=1S/C15H30BrNO/c1-3-5-7-8-9-10-11-15(18)17(14-12-16)13-6-4-2/h3-14H2,1-2H3. The van der Waals surface area contributed by atoms with Crippen LogP contribution in [0.15, 0.2) is 0 Å². The molecule has 0 radical (unpaired) electrons. The Morgan fingerprint density at radius 1 is 0.889 bits per heavy atom. The highest BCUT2D eigenvalue weighted by Gasteiger charge is 2.11. The molecule has 0 heterocycles. The third-order valence-corrected chi connectivity index (χ3v) is 3.59. The van der Waals surface area contributed by atoms with Crippen LogP contribution in [0.4, 0.5) is 0 Å². The Kier molecular flexibility index (Phi) is 13.3. The van der Waals surface area contributed by atoms with E-state index in [2.05, 4.69) is 29.8 Å². The first-order valence-electron chi connectivity index (χ1n) is 7.60. The summed E-state index contributed by atoms with van der Waals surface area (Å²) in [6.45, 7) is 6.19. The summed E-state index contributed by atoms with van der Waals surface area (Å²) >= 11 is 3.43. The molecule has 0 aromatic carbocycles. The first-order chi connectivity index (χ1) is 8.76. The van der Waals surface area contributed by atoms with Crippen LogP contribution in [-0.2, 0) is 4.79 Å². The van der Waals surface area contributed by atoms with E-state index in [4.69, 9.17) is 0 Å². The van der Waals surface area contributed by atoms with Crippen molar-refractivity contribution in [3.8, 4) is 0 Å². The van der Waals surface area contributed by atoms with Crippen molar-refractivity contribution in [2.75, 3.05) is 18.4 Å². The van der Waals surface area contributed by atoms with E-state index >= 15 is 0 Å². The largest absolute Gasteiger partial charge is 0.342 e. The van der Waals surface area contributed by atoms with Gasteiger partial charge in [-0.15, -0.1) is 0 Å². The number of carbonyl (C=O) groups is 1. The second-order valence-corrected chi connectivity index (χ2v) is 5.73. The van der Waals surface area contributed by atoms with Gasteiger partial charge in [-0.1, -0.05) is 68.3 Å². The lowest BCUT2D eigenvalue weighted by Gasteiger charge is -2.21. The molecule has 108 valence electrons. The van der Waals surface area contributed by atoms with Crippen molar-refractivity contribution in [2.24, 2.45) is 0 Å². The number of hydrogen-bond donors (Lipinski definition) is 0. The molecule has 0 aliphatic rings. The number of alkyl halides is 1. The van der Waals surface area contributed by atoms with Crippen molar-refractivity contribution in [3.63, 3.8) is 0 Å². The summed E-state index contributed by atoms with van der Waals surface area (Å²) in [5.41, 5.74) is 0. The first-order valence-corrected chi connectivity index (χ1v) is 8.72. The van der Waals surface area contributed by atoms with Crippen LogP contribution in [0.2, 0.25) is 0 Å². The second-order valence-electron chi connectivity index (χ2n) is 4.94. The SMILES string of the molecule is CCCCCCCCC(=O)N(CCBr)CCCC. The minimum atomic E-state index is 0.346. The summed E-state index contributed by atoms with van der Waals surface area (Å²) in [6.07, 6.45) is 10.5. The molecule has 0 fully saturated rings. The molecule has 0 saturated heterocycles. The van der Waals surface area contributed by atoms with Crippen LogP contribution in [0.3, 0.4) is 0 Å². The Balaban J connectivity index is 3.67. The highest BCUT2D eigenvalue weighted by molar-refractivity contribution is 9.09. The highest BCUT2D eigenvalue weighted by atomic mass is 79.9. The van der Waals surface area contributed by atoms with Gasteiger partial charge in [-0.05, 0) is 12.8 Å². The van der Waals surface area contributed by atoms with Crippen molar-refractivity contribution < 1.29 is 4.79 Å². The van der Waals surface area contributed by atoms with E-state index in [1.54, 1.807) is 0 Å². The zero-order valence-corrected chi connectivity index (χ0v) is 13.8. The van der Waals surface area contributed by atoms with Gasteiger partial charge >= 0.3 is 0 Å². The van der Waals surface area contributed by atoms with Crippen LogP contribution in [0.25, 0.3) is 0 Å². The fraction of sp³-hybridized carbons (Fsp3) is 0.933. The van der Waals surface area contributed by atoms with Crippen molar-refractivity contribution in [2.45, 2.75) is 71.6 Å². The minimum Gasteiger partial charge on any atom is -0.342 e. The summed E-state index contributed by atoms with van der Waals surface area (Å²) in [4.78, 5) is 14.1. The van der Waals surface area contributed by atoms with Crippen LogP contribution in [0.1, 0.15) is 71.6 Å². The molecule has 0 aromatic heterocycles. The lowest BCUT2D eigenvalue weighted by molar-refractivity contribution is -0.131. The zero-order chi connectivity index (χ0) is 13.6. The van der Waals surface area contributed by atoms with Gasteiger partial charge in [0, 0.05) is 24.8 Å². The third kappa shape index (κ3) is 9.93. The van der Waals surface area contributed by atoms with Crippen molar-refractivity contribution in [3.05, 3.63) is 0 Å². The van der Waals surface area contributed by atoms with Gasteiger partial charge in [0.15, 0.2) is 0 Å². The van der Waals surface area contributed by atoms with Crippen molar-refractivity contribution in [1.82, 2.24) is 4.90 Å². The van der Waals surface area contributed by atoms with Gasteiger partial charge in [0.25, 0.3) is 0 Å². The van der Waals surface area contributed by atoms with Gasteiger partial charge in [0.05, 0.1) is 0 Å². The molecule has 18 heavy (non-hydrogen) atoms. The summed E-state index contributed by atoms with van der Waals surface area (Å²) in [5.74, 6) is 0.346. The maximum absolute atomic E-state index is 12.0. The van der Waals surface area contributed by atoms with Crippen molar-refractivity contribution >= 4 is 21.8 Å². The highest BCUT2D eigenvalue weighted by Crippen LogP contribution is 2.09. The van der Waals surface area contributed by atoms with E-state index in [1.807, 2.05) is 4.90 Å². The van der Waals surface area contributed by atoms with E-state index in [-0.39, 0.29) is 0 Å². The fourth-order valence-electron chi connectivity index (χ4n) is 2.03. The summed E-state index contributed by atoms with van der Waals surface area (Å²) in [7, 11) is 0. The zero-order valence-electron chi connectivity index (χ0n) is 12.2. The average molecular weight is 320 g/mol. The maximum atomic E-state index is 12.0. The van der Waals surface area contributed by atoms with Gasteiger partial charge in [-0.2, -0.15) is 0 Å². The Morgan fingerprint density at radius 3 is 2.11 bits per heavy atom. The Morgan fingerprint density at radius 2 is 1.50 bits per heavy atom. The Bertz CT molecular complexity index is 197. The van der Waals surface area contributed by atoms with Crippen LogP contribution >= 0.6 is 15.9 Å². The normalized spacial score (nSPS) is 10.6. The lowest BCUT2D eigenvalue weighted by Crippen LogP contribution is -2.33. The van der Waals surface area contributed by atoms with Crippen LogP contribution in [0.5, 0.6) is 0 Å². The summed E-state index contributed by atoms with van der Waals surface area (Å²) < 4.78 is 0. The number of rotatable bonds is 12.